The third kappa shape index (κ3) is 3.91. The minimum Gasteiger partial charge on any atom is -0.381 e. The standard InChI is InChI=1S/C11H22N2O3S/c1-9(10-4-6-16-7-10)13-17(14,15)8-11-3-2-5-12-11/h9-13H,2-8H2,1H3. The lowest BCUT2D eigenvalue weighted by molar-refractivity contribution is 0.180. The summed E-state index contributed by atoms with van der Waals surface area (Å²) >= 11 is 0. The molecule has 0 spiro atoms. The lowest BCUT2D eigenvalue weighted by Gasteiger charge is -2.20. The van der Waals surface area contributed by atoms with Gasteiger partial charge in [0.05, 0.1) is 12.4 Å². The normalized spacial score (nSPS) is 31.8. The molecule has 2 rings (SSSR count). The number of nitrogens with one attached hydrogen (secondary N) is 2. The summed E-state index contributed by atoms with van der Waals surface area (Å²) in [5.74, 6) is 0.520. The Kier molecular flexibility index (Phi) is 4.41. The Balaban J connectivity index is 1.82. The fourth-order valence-electron chi connectivity index (χ4n) is 2.54. The Bertz CT molecular complexity index is 333. The molecule has 6 heteroatoms. The van der Waals surface area contributed by atoms with Gasteiger partial charge in [-0.05, 0) is 32.7 Å². The Labute approximate surface area is 103 Å². The van der Waals surface area contributed by atoms with Crippen molar-refractivity contribution >= 4 is 10.0 Å². The van der Waals surface area contributed by atoms with Crippen LogP contribution >= 0.6 is 0 Å². The first-order valence-electron chi connectivity index (χ1n) is 6.38. The van der Waals surface area contributed by atoms with Crippen LogP contribution in [0, 0.1) is 5.92 Å². The third-order valence-corrected chi connectivity index (χ3v) is 5.19. The fraction of sp³-hybridized carbons (Fsp3) is 1.00. The molecular weight excluding hydrogens is 240 g/mol. The van der Waals surface area contributed by atoms with E-state index >= 15 is 0 Å². The number of rotatable bonds is 5. The third-order valence-electron chi connectivity index (χ3n) is 3.62. The highest BCUT2D eigenvalue weighted by atomic mass is 32.2. The predicted octanol–water partition coefficient (Wildman–Crippen LogP) is 0.0828. The van der Waals surface area contributed by atoms with Crippen molar-refractivity contribution in [3.05, 3.63) is 0 Å². The van der Waals surface area contributed by atoms with Crippen LogP contribution in [0.5, 0.6) is 0 Å². The second kappa shape index (κ2) is 5.65. The van der Waals surface area contributed by atoms with Crippen molar-refractivity contribution in [3.8, 4) is 0 Å². The molecule has 2 aliphatic rings. The van der Waals surface area contributed by atoms with Gasteiger partial charge in [-0.2, -0.15) is 0 Å². The van der Waals surface area contributed by atoms with E-state index in [1.165, 1.54) is 0 Å². The topological polar surface area (TPSA) is 67.4 Å². The smallest absolute Gasteiger partial charge is 0.213 e. The number of sulfonamides is 1. The van der Waals surface area contributed by atoms with E-state index in [0.717, 1.165) is 32.4 Å². The van der Waals surface area contributed by atoms with Gasteiger partial charge in [-0.3, -0.25) is 0 Å². The molecule has 2 heterocycles. The summed E-state index contributed by atoms with van der Waals surface area (Å²) in [6.07, 6.45) is 2.99. The largest absolute Gasteiger partial charge is 0.381 e. The second-order valence-electron chi connectivity index (χ2n) is 5.10. The van der Waals surface area contributed by atoms with Gasteiger partial charge < -0.3 is 10.1 Å². The lowest BCUT2D eigenvalue weighted by atomic mass is 10.0. The van der Waals surface area contributed by atoms with Crippen molar-refractivity contribution in [1.82, 2.24) is 10.0 Å². The van der Waals surface area contributed by atoms with Crippen LogP contribution in [0.3, 0.4) is 0 Å². The number of ether oxygens (including phenoxy) is 1. The van der Waals surface area contributed by atoms with Crippen LogP contribution in [0.2, 0.25) is 0 Å². The molecule has 0 aliphatic carbocycles. The summed E-state index contributed by atoms with van der Waals surface area (Å²) in [4.78, 5) is 0. The molecule has 2 aliphatic heterocycles. The maximum Gasteiger partial charge on any atom is 0.213 e. The molecule has 0 aromatic heterocycles. The zero-order chi connectivity index (χ0) is 12.3. The number of hydrogen-bond donors (Lipinski definition) is 2. The molecule has 0 aromatic carbocycles. The van der Waals surface area contributed by atoms with Crippen LogP contribution in [0.4, 0.5) is 0 Å². The Morgan fingerprint density at radius 3 is 2.88 bits per heavy atom. The quantitative estimate of drug-likeness (QED) is 0.736. The minimum absolute atomic E-state index is 0.0242. The summed E-state index contributed by atoms with van der Waals surface area (Å²) < 4.78 is 32.0. The Morgan fingerprint density at radius 2 is 2.29 bits per heavy atom. The maximum absolute atomic E-state index is 12.0. The van der Waals surface area contributed by atoms with E-state index in [1.807, 2.05) is 6.92 Å². The molecule has 3 unspecified atom stereocenters. The summed E-state index contributed by atoms with van der Waals surface area (Å²) in [5.41, 5.74) is 0. The van der Waals surface area contributed by atoms with E-state index in [-0.39, 0.29) is 17.8 Å². The lowest BCUT2D eigenvalue weighted by Crippen LogP contribution is -2.43. The van der Waals surface area contributed by atoms with Crippen molar-refractivity contribution in [3.63, 3.8) is 0 Å². The van der Waals surface area contributed by atoms with Crippen molar-refractivity contribution < 1.29 is 13.2 Å². The van der Waals surface area contributed by atoms with Gasteiger partial charge in [-0.1, -0.05) is 0 Å². The highest BCUT2D eigenvalue weighted by molar-refractivity contribution is 7.89. The molecule has 5 nitrogen and oxygen atoms in total. The maximum atomic E-state index is 12.0. The van der Waals surface area contributed by atoms with Crippen LogP contribution in [0.15, 0.2) is 0 Å². The van der Waals surface area contributed by atoms with Gasteiger partial charge in [-0.25, -0.2) is 13.1 Å². The molecule has 2 fully saturated rings. The zero-order valence-corrected chi connectivity index (χ0v) is 11.1. The van der Waals surface area contributed by atoms with Crippen LogP contribution in [0.1, 0.15) is 26.2 Å². The SMILES string of the molecule is CC(NS(=O)(=O)CC1CCCN1)C1CCOC1. The van der Waals surface area contributed by atoms with Crippen LogP contribution in [0.25, 0.3) is 0 Å². The van der Waals surface area contributed by atoms with E-state index < -0.39 is 10.0 Å². The molecule has 2 saturated heterocycles. The first-order chi connectivity index (χ1) is 8.07. The van der Waals surface area contributed by atoms with E-state index in [2.05, 4.69) is 10.0 Å². The molecular formula is C11H22N2O3S. The first-order valence-corrected chi connectivity index (χ1v) is 8.03. The van der Waals surface area contributed by atoms with Crippen LogP contribution in [-0.4, -0.2) is 46.0 Å². The summed E-state index contributed by atoms with van der Waals surface area (Å²) in [6.45, 7) is 4.29. The summed E-state index contributed by atoms with van der Waals surface area (Å²) in [7, 11) is -3.17. The van der Waals surface area contributed by atoms with Crippen LogP contribution in [-0.2, 0) is 14.8 Å². The van der Waals surface area contributed by atoms with E-state index in [0.29, 0.717) is 12.5 Å². The molecule has 2 N–H and O–H groups in total. The predicted molar refractivity (Wildman–Crippen MR) is 66.3 cm³/mol. The highest BCUT2D eigenvalue weighted by Crippen LogP contribution is 2.17. The van der Waals surface area contributed by atoms with Gasteiger partial charge in [-0.15, -0.1) is 0 Å². The number of hydrogen-bond acceptors (Lipinski definition) is 4. The van der Waals surface area contributed by atoms with Gasteiger partial charge in [0, 0.05) is 24.6 Å². The molecule has 0 saturated carbocycles. The minimum atomic E-state index is -3.17. The van der Waals surface area contributed by atoms with Crippen molar-refractivity contribution in [2.75, 3.05) is 25.5 Å². The van der Waals surface area contributed by atoms with Crippen LogP contribution < -0.4 is 10.0 Å². The molecule has 0 aromatic rings. The molecule has 100 valence electrons. The molecule has 3 atom stereocenters. The molecule has 0 amide bonds. The Morgan fingerprint density at radius 1 is 1.47 bits per heavy atom. The monoisotopic (exact) mass is 262 g/mol. The average Bonchev–Trinajstić information content (AvgIpc) is 2.85. The van der Waals surface area contributed by atoms with Gasteiger partial charge >= 0.3 is 0 Å². The van der Waals surface area contributed by atoms with Gasteiger partial charge in [0.15, 0.2) is 0 Å². The van der Waals surface area contributed by atoms with Gasteiger partial charge in [0.1, 0.15) is 0 Å². The fourth-order valence-corrected chi connectivity index (χ4v) is 4.21. The molecule has 17 heavy (non-hydrogen) atoms. The van der Waals surface area contributed by atoms with E-state index in [4.69, 9.17) is 4.74 Å². The van der Waals surface area contributed by atoms with Gasteiger partial charge in [0.25, 0.3) is 0 Å². The second-order valence-corrected chi connectivity index (χ2v) is 6.90. The molecule has 0 radical (unpaired) electrons. The first kappa shape index (κ1) is 13.3. The van der Waals surface area contributed by atoms with Gasteiger partial charge in [0.2, 0.25) is 10.0 Å². The van der Waals surface area contributed by atoms with Crippen molar-refractivity contribution in [2.24, 2.45) is 5.92 Å². The Hall–Kier alpha value is -0.170. The van der Waals surface area contributed by atoms with E-state index in [1.54, 1.807) is 0 Å². The van der Waals surface area contributed by atoms with Crippen molar-refractivity contribution in [2.45, 2.75) is 38.3 Å². The summed E-state index contributed by atoms with van der Waals surface area (Å²) in [6, 6.07) is 0.100. The highest BCUT2D eigenvalue weighted by Gasteiger charge is 2.28. The average molecular weight is 262 g/mol. The van der Waals surface area contributed by atoms with Crippen molar-refractivity contribution in [1.29, 1.82) is 0 Å². The summed E-state index contributed by atoms with van der Waals surface area (Å²) in [5, 5.41) is 3.21. The van der Waals surface area contributed by atoms with E-state index in [9.17, 15) is 8.42 Å². The zero-order valence-electron chi connectivity index (χ0n) is 10.3. The molecule has 0 bridgehead atoms.